The number of hydrazine groups is 1. The van der Waals surface area contributed by atoms with Crippen molar-refractivity contribution >= 4 is 11.6 Å². The highest BCUT2D eigenvalue weighted by molar-refractivity contribution is 6.30. The molecule has 3 N–H and O–H groups in total. The Morgan fingerprint density at radius 3 is 2.11 bits per heavy atom. The zero-order valence-corrected chi connectivity index (χ0v) is 11.2. The van der Waals surface area contributed by atoms with Gasteiger partial charge in [-0.1, -0.05) is 23.7 Å². The largest absolute Gasteiger partial charge is 0.271 e. The Balaban J connectivity index is 2.41. The SMILES string of the molecule is Cc1cc(C(NN)c2ccc(Cl)cc2)cc(C)n1. The molecule has 1 atom stereocenters. The Morgan fingerprint density at radius 2 is 1.61 bits per heavy atom. The molecule has 0 bridgehead atoms. The molecule has 1 unspecified atom stereocenters. The minimum Gasteiger partial charge on any atom is -0.271 e. The third-order valence-electron chi connectivity index (χ3n) is 2.81. The van der Waals surface area contributed by atoms with Crippen LogP contribution in [0.3, 0.4) is 0 Å². The predicted molar refractivity (Wildman–Crippen MR) is 74.3 cm³/mol. The van der Waals surface area contributed by atoms with Gasteiger partial charge in [-0.25, -0.2) is 5.43 Å². The Kier molecular flexibility index (Phi) is 3.97. The second-order valence-corrected chi connectivity index (χ2v) is 4.77. The number of benzene rings is 1. The minimum absolute atomic E-state index is 0.0531. The third kappa shape index (κ3) is 2.88. The fourth-order valence-corrected chi connectivity index (χ4v) is 2.20. The summed E-state index contributed by atoms with van der Waals surface area (Å²) >= 11 is 5.89. The molecule has 0 aliphatic rings. The standard InChI is InChI=1S/C14H16ClN3/c1-9-7-12(8-10(2)17-9)14(18-16)11-3-5-13(15)6-4-11/h3-8,14,18H,16H2,1-2H3. The normalized spacial score (nSPS) is 12.4. The van der Waals surface area contributed by atoms with Gasteiger partial charge < -0.3 is 0 Å². The van der Waals surface area contributed by atoms with E-state index in [0.717, 1.165) is 27.5 Å². The molecule has 2 aromatic rings. The highest BCUT2D eigenvalue weighted by Gasteiger charge is 2.13. The van der Waals surface area contributed by atoms with E-state index in [1.54, 1.807) is 0 Å². The molecule has 1 aromatic heterocycles. The van der Waals surface area contributed by atoms with Gasteiger partial charge in [0.25, 0.3) is 0 Å². The van der Waals surface area contributed by atoms with Crippen LogP contribution in [0.5, 0.6) is 0 Å². The van der Waals surface area contributed by atoms with Crippen LogP contribution in [0.25, 0.3) is 0 Å². The molecule has 0 fully saturated rings. The molecule has 4 heteroatoms. The van der Waals surface area contributed by atoms with Gasteiger partial charge in [0, 0.05) is 16.4 Å². The Bertz CT molecular complexity index is 517. The van der Waals surface area contributed by atoms with Gasteiger partial charge in [-0.05, 0) is 49.2 Å². The van der Waals surface area contributed by atoms with Gasteiger partial charge >= 0.3 is 0 Å². The maximum absolute atomic E-state index is 5.89. The van der Waals surface area contributed by atoms with Crippen molar-refractivity contribution in [2.75, 3.05) is 0 Å². The van der Waals surface area contributed by atoms with Crippen LogP contribution in [0.2, 0.25) is 5.02 Å². The van der Waals surface area contributed by atoms with Crippen molar-refractivity contribution < 1.29 is 0 Å². The number of pyridine rings is 1. The van der Waals surface area contributed by atoms with E-state index in [1.165, 1.54) is 0 Å². The summed E-state index contributed by atoms with van der Waals surface area (Å²) in [6, 6.07) is 11.7. The van der Waals surface area contributed by atoms with E-state index in [4.69, 9.17) is 17.4 Å². The molecule has 1 heterocycles. The van der Waals surface area contributed by atoms with Gasteiger partial charge in [0.1, 0.15) is 0 Å². The number of aromatic nitrogens is 1. The summed E-state index contributed by atoms with van der Waals surface area (Å²) in [6.45, 7) is 3.96. The lowest BCUT2D eigenvalue weighted by Crippen LogP contribution is -2.29. The van der Waals surface area contributed by atoms with Crippen molar-refractivity contribution in [1.29, 1.82) is 0 Å². The van der Waals surface area contributed by atoms with Gasteiger partial charge in [0.15, 0.2) is 0 Å². The van der Waals surface area contributed by atoms with E-state index >= 15 is 0 Å². The van der Waals surface area contributed by atoms with Gasteiger partial charge in [-0.2, -0.15) is 0 Å². The first-order valence-electron chi connectivity index (χ1n) is 5.77. The van der Waals surface area contributed by atoms with Crippen molar-refractivity contribution in [2.24, 2.45) is 5.84 Å². The molecule has 3 nitrogen and oxygen atoms in total. The van der Waals surface area contributed by atoms with Crippen molar-refractivity contribution in [3.05, 3.63) is 63.9 Å². The Labute approximate surface area is 112 Å². The summed E-state index contributed by atoms with van der Waals surface area (Å²) in [7, 11) is 0. The molecule has 1 aromatic carbocycles. The van der Waals surface area contributed by atoms with Gasteiger partial charge in [0.05, 0.1) is 6.04 Å². The van der Waals surface area contributed by atoms with Crippen LogP contribution >= 0.6 is 11.6 Å². The van der Waals surface area contributed by atoms with Crippen LogP contribution in [-0.4, -0.2) is 4.98 Å². The second kappa shape index (κ2) is 5.48. The van der Waals surface area contributed by atoms with E-state index in [-0.39, 0.29) is 6.04 Å². The van der Waals surface area contributed by atoms with E-state index < -0.39 is 0 Å². The molecular weight excluding hydrogens is 246 g/mol. The lowest BCUT2D eigenvalue weighted by Gasteiger charge is -2.18. The van der Waals surface area contributed by atoms with Gasteiger partial charge in [-0.15, -0.1) is 0 Å². The van der Waals surface area contributed by atoms with Crippen molar-refractivity contribution in [2.45, 2.75) is 19.9 Å². The maximum Gasteiger partial charge on any atom is 0.0711 e. The zero-order valence-electron chi connectivity index (χ0n) is 10.4. The van der Waals surface area contributed by atoms with Crippen LogP contribution < -0.4 is 11.3 Å². The summed E-state index contributed by atoms with van der Waals surface area (Å²) in [6.07, 6.45) is 0. The monoisotopic (exact) mass is 261 g/mol. The van der Waals surface area contributed by atoms with Gasteiger partial charge in [-0.3, -0.25) is 10.8 Å². The fraction of sp³-hybridized carbons (Fsp3) is 0.214. The lowest BCUT2D eigenvalue weighted by molar-refractivity contribution is 0.635. The molecule has 0 amide bonds. The molecule has 0 saturated carbocycles. The molecule has 0 saturated heterocycles. The number of hydrogen-bond acceptors (Lipinski definition) is 3. The molecule has 0 spiro atoms. The molecule has 18 heavy (non-hydrogen) atoms. The van der Waals surface area contributed by atoms with E-state index in [9.17, 15) is 0 Å². The topological polar surface area (TPSA) is 50.9 Å². The fourth-order valence-electron chi connectivity index (χ4n) is 2.07. The summed E-state index contributed by atoms with van der Waals surface area (Å²) < 4.78 is 0. The van der Waals surface area contributed by atoms with Crippen LogP contribution in [0, 0.1) is 13.8 Å². The molecule has 0 aliphatic carbocycles. The first kappa shape index (κ1) is 13.0. The smallest absolute Gasteiger partial charge is 0.0711 e. The first-order chi connectivity index (χ1) is 8.60. The van der Waals surface area contributed by atoms with Crippen LogP contribution in [0.15, 0.2) is 36.4 Å². The number of rotatable bonds is 3. The van der Waals surface area contributed by atoms with E-state index in [0.29, 0.717) is 0 Å². The number of halogens is 1. The van der Waals surface area contributed by atoms with E-state index in [2.05, 4.69) is 10.4 Å². The number of nitrogens with two attached hydrogens (primary N) is 1. The average molecular weight is 262 g/mol. The highest BCUT2D eigenvalue weighted by atomic mass is 35.5. The molecule has 2 rings (SSSR count). The molecule has 0 aliphatic heterocycles. The van der Waals surface area contributed by atoms with Crippen molar-refractivity contribution in [1.82, 2.24) is 10.4 Å². The maximum atomic E-state index is 5.89. The first-order valence-corrected chi connectivity index (χ1v) is 6.14. The second-order valence-electron chi connectivity index (χ2n) is 4.33. The summed E-state index contributed by atoms with van der Waals surface area (Å²) in [4.78, 5) is 4.37. The van der Waals surface area contributed by atoms with E-state index in [1.807, 2.05) is 50.2 Å². The Morgan fingerprint density at radius 1 is 1.06 bits per heavy atom. The van der Waals surface area contributed by atoms with Crippen molar-refractivity contribution in [3.63, 3.8) is 0 Å². The number of aryl methyl sites for hydroxylation is 2. The van der Waals surface area contributed by atoms with Gasteiger partial charge in [0.2, 0.25) is 0 Å². The summed E-state index contributed by atoms with van der Waals surface area (Å²) in [5.74, 6) is 5.67. The Hall–Kier alpha value is -1.42. The summed E-state index contributed by atoms with van der Waals surface area (Å²) in [5.41, 5.74) is 6.99. The van der Waals surface area contributed by atoms with Crippen LogP contribution in [0.4, 0.5) is 0 Å². The highest BCUT2D eigenvalue weighted by Crippen LogP contribution is 2.23. The number of hydrogen-bond donors (Lipinski definition) is 2. The predicted octanol–water partition coefficient (Wildman–Crippen LogP) is 2.90. The third-order valence-corrected chi connectivity index (χ3v) is 3.06. The molecule has 94 valence electrons. The molecule has 0 radical (unpaired) electrons. The summed E-state index contributed by atoms with van der Waals surface area (Å²) in [5, 5.41) is 0.719. The average Bonchev–Trinajstić information content (AvgIpc) is 2.31. The minimum atomic E-state index is -0.0531. The number of nitrogens with one attached hydrogen (secondary N) is 1. The van der Waals surface area contributed by atoms with Crippen LogP contribution in [-0.2, 0) is 0 Å². The molecular formula is C14H16ClN3. The zero-order chi connectivity index (χ0) is 13.1. The van der Waals surface area contributed by atoms with Crippen molar-refractivity contribution in [3.8, 4) is 0 Å². The van der Waals surface area contributed by atoms with Crippen LogP contribution in [0.1, 0.15) is 28.6 Å². The quantitative estimate of drug-likeness (QED) is 0.660. The number of nitrogens with zero attached hydrogens (tertiary/aromatic N) is 1. The lowest BCUT2D eigenvalue weighted by atomic mass is 9.99.